The molecule has 4 aromatic rings. The Hall–Kier alpha value is -2.69. The van der Waals surface area contributed by atoms with Crippen molar-refractivity contribution >= 4 is 23.4 Å². The van der Waals surface area contributed by atoms with E-state index in [2.05, 4.69) is 29.2 Å². The fraction of sp³-hybridized carbons (Fsp3) is 0.143. The summed E-state index contributed by atoms with van der Waals surface area (Å²) in [5.74, 6) is 0. The lowest BCUT2D eigenvalue weighted by atomic mass is 9.90. The summed E-state index contributed by atoms with van der Waals surface area (Å²) >= 11 is 0. The second-order valence-corrected chi connectivity index (χ2v) is 6.20. The minimum atomic E-state index is -0.165. The van der Waals surface area contributed by atoms with E-state index < -0.39 is 0 Å². The summed E-state index contributed by atoms with van der Waals surface area (Å²) in [6.45, 7) is 2.08. The van der Waals surface area contributed by atoms with Gasteiger partial charge < -0.3 is 10.3 Å². The van der Waals surface area contributed by atoms with Crippen molar-refractivity contribution in [3.05, 3.63) is 83.7 Å². The van der Waals surface area contributed by atoms with E-state index in [0.717, 1.165) is 39.0 Å². The average molecular weight is 366 g/mol. The number of aryl methyl sites for hydroxylation is 1. The van der Waals surface area contributed by atoms with Gasteiger partial charge in [0.2, 0.25) is 0 Å². The zero-order valence-corrected chi connectivity index (χ0v) is 15.2. The van der Waals surface area contributed by atoms with E-state index in [1.807, 2.05) is 48.5 Å². The van der Waals surface area contributed by atoms with Crippen LogP contribution in [-0.2, 0) is 6.42 Å². The fourth-order valence-electron chi connectivity index (χ4n) is 3.31. The number of hydrogen-bond acceptors (Lipinski definition) is 4. The number of rotatable bonds is 4. The second kappa shape index (κ2) is 7.68. The molecular formula is C21H20ClN3O. The summed E-state index contributed by atoms with van der Waals surface area (Å²) < 4.78 is 5.49. The average Bonchev–Trinajstić information content (AvgIpc) is 3.06. The number of pyridine rings is 1. The predicted octanol–water partition coefficient (Wildman–Crippen LogP) is 4.86. The highest BCUT2D eigenvalue weighted by atomic mass is 35.5. The number of fused-ring (bicyclic) bond motifs is 1. The molecule has 26 heavy (non-hydrogen) atoms. The monoisotopic (exact) mass is 365 g/mol. The molecule has 132 valence electrons. The summed E-state index contributed by atoms with van der Waals surface area (Å²) in [7, 11) is 0. The molecule has 1 atom stereocenters. The highest BCUT2D eigenvalue weighted by Crippen LogP contribution is 2.34. The van der Waals surface area contributed by atoms with Crippen LogP contribution in [0.15, 0.2) is 71.4 Å². The molecular weight excluding hydrogens is 346 g/mol. The number of para-hydroxylation sites is 1. The highest BCUT2D eigenvalue weighted by Gasteiger charge is 2.19. The Balaban J connectivity index is 0.00000196. The molecule has 0 spiro atoms. The third-order valence-corrected chi connectivity index (χ3v) is 4.48. The van der Waals surface area contributed by atoms with Crippen LogP contribution in [0, 0.1) is 6.92 Å². The van der Waals surface area contributed by atoms with Gasteiger partial charge in [-0.2, -0.15) is 0 Å². The Kier molecular flexibility index (Phi) is 5.35. The molecule has 2 aromatic carbocycles. The molecule has 0 unspecified atom stereocenters. The van der Waals surface area contributed by atoms with Gasteiger partial charge in [-0.1, -0.05) is 41.6 Å². The molecule has 0 saturated heterocycles. The van der Waals surface area contributed by atoms with Gasteiger partial charge in [-0.25, -0.2) is 0 Å². The molecule has 4 rings (SSSR count). The Bertz CT molecular complexity index is 1010. The van der Waals surface area contributed by atoms with E-state index in [9.17, 15) is 0 Å². The molecule has 0 saturated carbocycles. The summed E-state index contributed by atoms with van der Waals surface area (Å²) in [5, 5.41) is 5.31. The van der Waals surface area contributed by atoms with Gasteiger partial charge in [0.05, 0.1) is 0 Å². The molecule has 2 aromatic heterocycles. The number of nitrogens with two attached hydrogens (primary N) is 1. The van der Waals surface area contributed by atoms with Gasteiger partial charge >= 0.3 is 0 Å². The van der Waals surface area contributed by atoms with Crippen molar-refractivity contribution in [3.8, 4) is 11.3 Å². The molecule has 0 bridgehead atoms. The first kappa shape index (κ1) is 18.1. The predicted molar refractivity (Wildman–Crippen MR) is 106 cm³/mol. The van der Waals surface area contributed by atoms with Crippen LogP contribution in [0.2, 0.25) is 0 Å². The van der Waals surface area contributed by atoms with Gasteiger partial charge in [-0.15, -0.1) is 12.4 Å². The second-order valence-electron chi connectivity index (χ2n) is 6.20. The largest absolute Gasteiger partial charge is 0.356 e. The van der Waals surface area contributed by atoms with Crippen LogP contribution in [-0.4, -0.2) is 10.1 Å². The van der Waals surface area contributed by atoms with Gasteiger partial charge in [0.15, 0.2) is 5.58 Å². The highest BCUT2D eigenvalue weighted by molar-refractivity contribution is 5.92. The Morgan fingerprint density at radius 1 is 1.00 bits per heavy atom. The SMILES string of the molecule is Cc1cccc(-c2noc3ccccc23)c1[C@@H](N)Cc1ccccn1.Cl. The van der Waals surface area contributed by atoms with Gasteiger partial charge in [-0.05, 0) is 42.3 Å². The quantitative estimate of drug-likeness (QED) is 0.560. The van der Waals surface area contributed by atoms with E-state index in [0.29, 0.717) is 6.42 Å². The fourth-order valence-corrected chi connectivity index (χ4v) is 3.31. The zero-order valence-electron chi connectivity index (χ0n) is 14.4. The Labute approximate surface area is 158 Å². The lowest BCUT2D eigenvalue weighted by molar-refractivity contribution is 0.459. The van der Waals surface area contributed by atoms with Crippen molar-refractivity contribution in [1.82, 2.24) is 10.1 Å². The molecule has 2 N–H and O–H groups in total. The third kappa shape index (κ3) is 3.34. The summed E-state index contributed by atoms with van der Waals surface area (Å²) in [6, 6.07) is 19.8. The number of hydrogen-bond donors (Lipinski definition) is 1. The smallest absolute Gasteiger partial charge is 0.167 e. The summed E-state index contributed by atoms with van der Waals surface area (Å²) in [4.78, 5) is 4.40. The standard InChI is InChI=1S/C21H19N3O.ClH/c1-14-7-6-10-17(21-16-9-2-3-11-19(16)25-24-21)20(14)18(22)13-15-8-4-5-12-23-15;/h2-12,18H,13,22H2,1H3;1H/t18-;/m0./s1. The lowest BCUT2D eigenvalue weighted by Gasteiger charge is -2.18. The van der Waals surface area contributed by atoms with Gasteiger partial charge in [0.1, 0.15) is 5.69 Å². The van der Waals surface area contributed by atoms with E-state index in [4.69, 9.17) is 10.3 Å². The number of nitrogens with zero attached hydrogens (tertiary/aromatic N) is 2. The molecule has 0 aliphatic rings. The minimum absolute atomic E-state index is 0. The van der Waals surface area contributed by atoms with E-state index in [-0.39, 0.29) is 18.4 Å². The number of benzene rings is 2. The molecule has 0 amide bonds. The first-order chi connectivity index (χ1) is 12.2. The summed E-state index contributed by atoms with van der Waals surface area (Å²) in [5.41, 5.74) is 12.4. The van der Waals surface area contributed by atoms with Crippen molar-refractivity contribution in [3.63, 3.8) is 0 Å². The Morgan fingerprint density at radius 2 is 1.81 bits per heavy atom. The van der Waals surface area contributed by atoms with Gasteiger partial charge in [0.25, 0.3) is 0 Å². The van der Waals surface area contributed by atoms with Crippen molar-refractivity contribution in [2.45, 2.75) is 19.4 Å². The van der Waals surface area contributed by atoms with Crippen molar-refractivity contribution in [2.75, 3.05) is 0 Å². The van der Waals surface area contributed by atoms with Crippen LogP contribution in [0.5, 0.6) is 0 Å². The van der Waals surface area contributed by atoms with Gasteiger partial charge in [-0.3, -0.25) is 4.98 Å². The van der Waals surface area contributed by atoms with Crippen molar-refractivity contribution in [1.29, 1.82) is 0 Å². The number of halogens is 1. The molecule has 4 nitrogen and oxygen atoms in total. The molecule has 0 fully saturated rings. The molecule has 0 aliphatic heterocycles. The van der Waals surface area contributed by atoms with E-state index in [1.54, 1.807) is 6.20 Å². The van der Waals surface area contributed by atoms with Crippen LogP contribution in [0.4, 0.5) is 0 Å². The van der Waals surface area contributed by atoms with Crippen molar-refractivity contribution < 1.29 is 4.52 Å². The van der Waals surface area contributed by atoms with Crippen LogP contribution in [0.3, 0.4) is 0 Å². The molecule has 0 radical (unpaired) electrons. The zero-order chi connectivity index (χ0) is 17.2. The maximum absolute atomic E-state index is 6.58. The molecule has 2 heterocycles. The normalized spacial score (nSPS) is 11.9. The minimum Gasteiger partial charge on any atom is -0.356 e. The number of aromatic nitrogens is 2. The van der Waals surface area contributed by atoms with Crippen molar-refractivity contribution in [2.24, 2.45) is 5.73 Å². The van der Waals surface area contributed by atoms with E-state index >= 15 is 0 Å². The lowest BCUT2D eigenvalue weighted by Crippen LogP contribution is -2.16. The van der Waals surface area contributed by atoms with Gasteiger partial charge in [0, 0.05) is 35.3 Å². The molecule has 0 aliphatic carbocycles. The maximum Gasteiger partial charge on any atom is 0.167 e. The van der Waals surface area contributed by atoms with Crippen LogP contribution < -0.4 is 5.73 Å². The topological polar surface area (TPSA) is 64.9 Å². The molecule has 5 heteroatoms. The first-order valence-electron chi connectivity index (χ1n) is 8.34. The van der Waals surface area contributed by atoms with Crippen LogP contribution in [0.25, 0.3) is 22.2 Å². The maximum atomic E-state index is 6.58. The van der Waals surface area contributed by atoms with Crippen LogP contribution >= 0.6 is 12.4 Å². The summed E-state index contributed by atoms with van der Waals surface area (Å²) in [6.07, 6.45) is 2.47. The van der Waals surface area contributed by atoms with E-state index in [1.165, 1.54) is 0 Å². The van der Waals surface area contributed by atoms with Crippen LogP contribution in [0.1, 0.15) is 22.9 Å². The first-order valence-corrected chi connectivity index (χ1v) is 8.34. The third-order valence-electron chi connectivity index (χ3n) is 4.48. The Morgan fingerprint density at radius 3 is 2.62 bits per heavy atom.